The fraction of sp³-hybridized carbons (Fsp3) is 0.292. The van der Waals surface area contributed by atoms with Crippen LogP contribution in [0.1, 0.15) is 22.3 Å². The zero-order valence-electron chi connectivity index (χ0n) is 19.0. The van der Waals surface area contributed by atoms with Gasteiger partial charge >= 0.3 is 12.1 Å². The lowest BCUT2D eigenvalue weighted by Gasteiger charge is -2.21. The lowest BCUT2D eigenvalue weighted by Crippen LogP contribution is -2.35. The first-order valence-corrected chi connectivity index (χ1v) is 11.6. The second kappa shape index (κ2) is 10.9. The van der Waals surface area contributed by atoms with Crippen LogP contribution >= 0.6 is 11.8 Å². The van der Waals surface area contributed by atoms with Gasteiger partial charge < -0.3 is 27.2 Å². The van der Waals surface area contributed by atoms with Gasteiger partial charge in [-0.2, -0.15) is 22.0 Å². The molecule has 0 aromatic heterocycles. The molecular weight excluding hydrogens is 503 g/mol. The van der Waals surface area contributed by atoms with Crippen LogP contribution in [0.15, 0.2) is 59.8 Å². The first-order chi connectivity index (χ1) is 16.8. The Hall–Kier alpha value is -3.09. The fourth-order valence-electron chi connectivity index (χ4n) is 3.50. The SMILES string of the molecule is C=C(NC[C@@H](N)Cc1ccc(C(F)(F)F)cc1)S/C(=C(\N)C(F)(F)CO)c1ccc2c(c1)CC(=O)N2. The molecule has 0 aliphatic carbocycles. The number of nitrogens with two attached hydrogens (primary N) is 2. The molecule has 2 aromatic rings. The number of rotatable bonds is 10. The molecule has 1 heterocycles. The van der Waals surface area contributed by atoms with Crippen LogP contribution in [0, 0.1) is 0 Å². The van der Waals surface area contributed by atoms with E-state index in [0.717, 1.165) is 23.9 Å². The Bertz CT molecular complexity index is 1170. The maximum Gasteiger partial charge on any atom is 0.416 e. The maximum atomic E-state index is 14.3. The molecule has 0 saturated carbocycles. The van der Waals surface area contributed by atoms with Crippen molar-refractivity contribution in [3.8, 4) is 0 Å². The van der Waals surface area contributed by atoms with Gasteiger partial charge in [-0.15, -0.1) is 0 Å². The molecule has 7 N–H and O–H groups in total. The Morgan fingerprint density at radius 3 is 2.44 bits per heavy atom. The minimum absolute atomic E-state index is 0.0509. The zero-order chi connectivity index (χ0) is 26.7. The van der Waals surface area contributed by atoms with Crippen LogP contribution in [0.25, 0.3) is 4.91 Å². The van der Waals surface area contributed by atoms with E-state index in [-0.39, 0.29) is 35.2 Å². The molecule has 0 unspecified atom stereocenters. The Balaban J connectivity index is 1.69. The summed E-state index contributed by atoms with van der Waals surface area (Å²) >= 11 is 0.819. The molecular formula is C24H25F5N4O2S. The number of hydrogen-bond acceptors (Lipinski definition) is 6. The van der Waals surface area contributed by atoms with Crippen molar-refractivity contribution in [3.05, 3.63) is 82.0 Å². The first kappa shape index (κ1) is 27.5. The van der Waals surface area contributed by atoms with Crippen molar-refractivity contribution in [2.24, 2.45) is 11.5 Å². The number of benzene rings is 2. The van der Waals surface area contributed by atoms with Crippen molar-refractivity contribution >= 4 is 28.3 Å². The standard InChI is InChI=1S/C24H25F5N4O2S/c1-13(32-11-18(30)8-14-2-5-17(6-3-14)24(27,28)29)36-21(22(31)23(25,26)12-34)15-4-7-19-16(9-15)10-20(35)33-19/h2-7,9,18,32,34H,1,8,10-12,30-31H2,(H,33,35)/b22-21-/t18-/m0/s1. The van der Waals surface area contributed by atoms with Crippen molar-refractivity contribution in [1.82, 2.24) is 5.32 Å². The summed E-state index contributed by atoms with van der Waals surface area (Å²) in [6, 6.07) is 8.81. The number of alkyl halides is 5. The Morgan fingerprint density at radius 2 is 1.83 bits per heavy atom. The predicted molar refractivity (Wildman–Crippen MR) is 130 cm³/mol. The number of nitrogens with one attached hydrogen (secondary N) is 2. The molecule has 1 amide bonds. The third kappa shape index (κ3) is 6.77. The number of aliphatic hydroxyl groups is 1. The molecule has 0 saturated heterocycles. The second-order valence-corrected chi connectivity index (χ2v) is 9.37. The van der Waals surface area contributed by atoms with Gasteiger partial charge in [0.25, 0.3) is 0 Å². The van der Waals surface area contributed by atoms with Gasteiger partial charge in [-0.3, -0.25) is 4.79 Å². The minimum atomic E-state index is -4.43. The minimum Gasteiger partial charge on any atom is -0.396 e. The van der Waals surface area contributed by atoms with Crippen LogP contribution in [-0.4, -0.2) is 36.1 Å². The van der Waals surface area contributed by atoms with Crippen molar-refractivity contribution in [2.45, 2.75) is 31.0 Å². The van der Waals surface area contributed by atoms with Crippen molar-refractivity contribution < 1.29 is 31.9 Å². The molecule has 36 heavy (non-hydrogen) atoms. The van der Waals surface area contributed by atoms with Gasteiger partial charge in [-0.05, 0) is 47.4 Å². The monoisotopic (exact) mass is 528 g/mol. The number of carbonyl (C=O) groups excluding carboxylic acids is 1. The van der Waals surface area contributed by atoms with E-state index in [2.05, 4.69) is 17.2 Å². The number of anilines is 1. The molecule has 0 fully saturated rings. The summed E-state index contributed by atoms with van der Waals surface area (Å²) in [5.74, 6) is -3.92. The number of amides is 1. The third-order valence-corrected chi connectivity index (χ3v) is 6.45. The molecule has 2 aromatic carbocycles. The van der Waals surface area contributed by atoms with Gasteiger partial charge in [0.1, 0.15) is 6.61 Å². The Morgan fingerprint density at radius 1 is 1.17 bits per heavy atom. The van der Waals surface area contributed by atoms with Crippen LogP contribution in [0.4, 0.5) is 27.6 Å². The molecule has 1 atom stereocenters. The molecule has 0 bridgehead atoms. The molecule has 1 aliphatic rings. The summed E-state index contributed by atoms with van der Waals surface area (Å²) < 4.78 is 66.7. The van der Waals surface area contributed by atoms with Gasteiger partial charge in [-0.25, -0.2) is 0 Å². The first-order valence-electron chi connectivity index (χ1n) is 10.7. The Labute approximate surface area is 208 Å². The molecule has 0 spiro atoms. The molecule has 12 heteroatoms. The molecule has 1 aliphatic heterocycles. The Kier molecular flexibility index (Phi) is 8.32. The van der Waals surface area contributed by atoms with E-state index in [1.165, 1.54) is 18.2 Å². The summed E-state index contributed by atoms with van der Waals surface area (Å²) in [7, 11) is 0. The molecule has 0 radical (unpaired) electrons. The quantitative estimate of drug-likeness (QED) is 0.300. The van der Waals surface area contributed by atoms with Crippen molar-refractivity contribution in [2.75, 3.05) is 18.5 Å². The predicted octanol–water partition coefficient (Wildman–Crippen LogP) is 3.82. The van der Waals surface area contributed by atoms with Crippen LogP contribution in [-0.2, 0) is 23.8 Å². The van der Waals surface area contributed by atoms with Crippen molar-refractivity contribution in [1.29, 1.82) is 0 Å². The molecule has 194 valence electrons. The number of thioether (sulfide) groups is 1. The van der Waals surface area contributed by atoms with E-state index in [0.29, 0.717) is 22.4 Å². The normalized spacial score (nSPS) is 15.1. The van der Waals surface area contributed by atoms with E-state index in [9.17, 15) is 26.7 Å². The van der Waals surface area contributed by atoms with Crippen LogP contribution in [0.2, 0.25) is 0 Å². The van der Waals surface area contributed by atoms with E-state index >= 15 is 0 Å². The van der Waals surface area contributed by atoms with Gasteiger partial charge in [0.2, 0.25) is 5.91 Å². The molecule has 6 nitrogen and oxygen atoms in total. The van der Waals surface area contributed by atoms with Gasteiger partial charge in [-0.1, -0.05) is 36.5 Å². The van der Waals surface area contributed by atoms with Gasteiger partial charge in [0, 0.05) is 23.2 Å². The summed E-state index contributed by atoms with van der Waals surface area (Å²) in [6.45, 7) is 2.48. The van der Waals surface area contributed by atoms with E-state index < -0.39 is 36.0 Å². The summed E-state index contributed by atoms with van der Waals surface area (Å²) in [5.41, 5.74) is 12.3. The lowest BCUT2D eigenvalue weighted by molar-refractivity contribution is -0.137. The lowest BCUT2D eigenvalue weighted by atomic mass is 10.0. The van der Waals surface area contributed by atoms with Crippen molar-refractivity contribution in [3.63, 3.8) is 0 Å². The highest BCUT2D eigenvalue weighted by Gasteiger charge is 2.35. The van der Waals surface area contributed by atoms with Crippen LogP contribution in [0.3, 0.4) is 0 Å². The number of aliphatic hydroxyl groups excluding tert-OH is 1. The van der Waals surface area contributed by atoms with Crippen LogP contribution in [0.5, 0.6) is 0 Å². The summed E-state index contributed by atoms with van der Waals surface area (Å²) in [4.78, 5) is 11.6. The fourth-order valence-corrected chi connectivity index (χ4v) is 4.41. The number of hydrogen-bond donors (Lipinski definition) is 5. The third-order valence-electron chi connectivity index (χ3n) is 5.40. The zero-order valence-corrected chi connectivity index (χ0v) is 19.8. The summed E-state index contributed by atoms with van der Waals surface area (Å²) in [6.07, 6.45) is -4.07. The summed E-state index contributed by atoms with van der Waals surface area (Å²) in [5, 5.41) is 14.9. The maximum absolute atomic E-state index is 14.3. The van der Waals surface area contributed by atoms with E-state index in [1.807, 2.05) is 0 Å². The smallest absolute Gasteiger partial charge is 0.396 e. The molecule has 3 rings (SSSR count). The highest BCUT2D eigenvalue weighted by molar-refractivity contribution is 8.11. The number of carbonyl (C=O) groups is 1. The average Bonchev–Trinajstić information content (AvgIpc) is 3.19. The highest BCUT2D eigenvalue weighted by atomic mass is 32.2. The van der Waals surface area contributed by atoms with Crippen LogP contribution < -0.4 is 22.1 Å². The van der Waals surface area contributed by atoms with Gasteiger partial charge in [0.05, 0.1) is 22.7 Å². The van der Waals surface area contributed by atoms with Gasteiger partial charge in [0.15, 0.2) is 0 Å². The average molecular weight is 529 g/mol. The second-order valence-electron chi connectivity index (χ2n) is 8.27. The topological polar surface area (TPSA) is 113 Å². The largest absolute Gasteiger partial charge is 0.416 e. The highest BCUT2D eigenvalue weighted by Crippen LogP contribution is 2.40. The van der Waals surface area contributed by atoms with E-state index in [1.54, 1.807) is 12.1 Å². The number of fused-ring (bicyclic) bond motifs is 1. The number of halogens is 5. The van der Waals surface area contributed by atoms with E-state index in [4.69, 9.17) is 16.6 Å².